The van der Waals surface area contributed by atoms with Gasteiger partial charge in [0.2, 0.25) is 0 Å². The molecule has 0 fully saturated rings. The van der Waals surface area contributed by atoms with Gasteiger partial charge in [-0.1, -0.05) is 30.3 Å². The van der Waals surface area contributed by atoms with Gasteiger partial charge in [-0.05, 0) is 33.6 Å². The summed E-state index contributed by atoms with van der Waals surface area (Å²) in [7, 11) is 0. The van der Waals surface area contributed by atoms with Gasteiger partial charge >= 0.3 is 0 Å². The van der Waals surface area contributed by atoms with E-state index in [9.17, 15) is 0 Å². The second-order valence-electron chi connectivity index (χ2n) is 3.51. The van der Waals surface area contributed by atoms with E-state index in [2.05, 4.69) is 20.9 Å². The van der Waals surface area contributed by atoms with Crippen LogP contribution in [0.25, 0.3) is 0 Å². The molecule has 2 aromatic rings. The first kappa shape index (κ1) is 11.6. The Hall–Kier alpha value is -0.860. The van der Waals surface area contributed by atoms with Crippen LogP contribution >= 0.6 is 27.5 Å². The van der Waals surface area contributed by atoms with E-state index < -0.39 is 0 Å². The van der Waals surface area contributed by atoms with Crippen LogP contribution in [0.1, 0.15) is 16.6 Å². The van der Waals surface area contributed by atoms with Crippen LogP contribution in [0.2, 0.25) is 0 Å². The average molecular weight is 297 g/mol. The Kier molecular flexibility index (Phi) is 3.97. The molecule has 1 atom stereocenters. The molecule has 0 bridgehead atoms. The molecule has 0 saturated carbocycles. The number of hydrogen-bond donors (Lipinski definition) is 0. The number of halogens is 2. The SMILES string of the molecule is ClC(Cc1ncccc1Br)c1ccccc1. The van der Waals surface area contributed by atoms with Gasteiger partial charge in [-0.15, -0.1) is 11.6 Å². The van der Waals surface area contributed by atoms with Gasteiger partial charge in [0.25, 0.3) is 0 Å². The van der Waals surface area contributed by atoms with E-state index >= 15 is 0 Å². The molecule has 1 aromatic carbocycles. The molecule has 0 aliphatic carbocycles. The van der Waals surface area contributed by atoms with Crippen LogP contribution in [-0.4, -0.2) is 4.98 Å². The van der Waals surface area contributed by atoms with Gasteiger partial charge in [-0.3, -0.25) is 4.98 Å². The zero-order chi connectivity index (χ0) is 11.4. The minimum absolute atomic E-state index is 0.0348. The number of aromatic nitrogens is 1. The van der Waals surface area contributed by atoms with Crippen molar-refractivity contribution in [3.63, 3.8) is 0 Å². The summed E-state index contributed by atoms with van der Waals surface area (Å²) in [5, 5.41) is -0.0348. The van der Waals surface area contributed by atoms with Crippen LogP contribution in [0.15, 0.2) is 53.1 Å². The van der Waals surface area contributed by atoms with Crippen LogP contribution in [0.4, 0.5) is 0 Å². The number of pyridine rings is 1. The van der Waals surface area contributed by atoms with Gasteiger partial charge in [-0.25, -0.2) is 0 Å². The lowest BCUT2D eigenvalue weighted by atomic mass is 10.1. The topological polar surface area (TPSA) is 12.9 Å². The lowest BCUT2D eigenvalue weighted by Crippen LogP contribution is -1.98. The quantitative estimate of drug-likeness (QED) is 0.767. The Morgan fingerprint density at radius 1 is 1.12 bits per heavy atom. The molecule has 0 spiro atoms. The summed E-state index contributed by atoms with van der Waals surface area (Å²) < 4.78 is 1.01. The molecule has 0 N–H and O–H groups in total. The molecular formula is C13H11BrClN. The number of benzene rings is 1. The lowest BCUT2D eigenvalue weighted by molar-refractivity contribution is 0.875. The summed E-state index contributed by atoms with van der Waals surface area (Å²) in [5.41, 5.74) is 2.12. The van der Waals surface area contributed by atoms with Crippen molar-refractivity contribution in [1.29, 1.82) is 0 Å². The van der Waals surface area contributed by atoms with Crippen LogP contribution in [0.5, 0.6) is 0 Å². The maximum absolute atomic E-state index is 6.35. The zero-order valence-electron chi connectivity index (χ0n) is 8.61. The predicted molar refractivity (Wildman–Crippen MR) is 70.7 cm³/mol. The molecule has 1 unspecified atom stereocenters. The normalized spacial score (nSPS) is 12.4. The molecule has 3 heteroatoms. The van der Waals surface area contributed by atoms with E-state index in [-0.39, 0.29) is 5.38 Å². The second-order valence-corrected chi connectivity index (χ2v) is 4.90. The second kappa shape index (κ2) is 5.46. The van der Waals surface area contributed by atoms with Crippen molar-refractivity contribution in [2.24, 2.45) is 0 Å². The van der Waals surface area contributed by atoms with Crippen molar-refractivity contribution >= 4 is 27.5 Å². The monoisotopic (exact) mass is 295 g/mol. The fraction of sp³-hybridized carbons (Fsp3) is 0.154. The van der Waals surface area contributed by atoms with E-state index in [1.165, 1.54) is 0 Å². The number of nitrogens with zero attached hydrogens (tertiary/aromatic N) is 1. The standard InChI is InChI=1S/C13H11BrClN/c14-11-7-4-8-16-13(11)9-12(15)10-5-2-1-3-6-10/h1-8,12H,9H2. The third-order valence-corrected chi connectivity index (χ3v) is 3.50. The average Bonchev–Trinajstić information content (AvgIpc) is 2.33. The lowest BCUT2D eigenvalue weighted by Gasteiger charge is -2.10. The molecule has 1 nitrogen and oxygen atoms in total. The van der Waals surface area contributed by atoms with E-state index in [0.717, 1.165) is 22.2 Å². The minimum atomic E-state index is -0.0348. The first-order chi connectivity index (χ1) is 7.77. The molecule has 1 aromatic heterocycles. The number of alkyl halides is 1. The Labute approximate surface area is 109 Å². The van der Waals surface area contributed by atoms with Crippen LogP contribution in [0, 0.1) is 0 Å². The molecule has 82 valence electrons. The summed E-state index contributed by atoms with van der Waals surface area (Å²) in [6.07, 6.45) is 2.52. The van der Waals surface area contributed by atoms with Gasteiger partial charge in [0.05, 0.1) is 11.1 Å². The fourth-order valence-corrected chi connectivity index (χ4v) is 2.23. The summed E-state index contributed by atoms with van der Waals surface area (Å²) >= 11 is 9.83. The van der Waals surface area contributed by atoms with Crippen molar-refractivity contribution < 1.29 is 0 Å². The van der Waals surface area contributed by atoms with Gasteiger partial charge in [0, 0.05) is 17.1 Å². The maximum Gasteiger partial charge on any atom is 0.0641 e. The Balaban J connectivity index is 2.14. The van der Waals surface area contributed by atoms with Gasteiger partial charge in [0.15, 0.2) is 0 Å². The zero-order valence-corrected chi connectivity index (χ0v) is 10.9. The molecule has 16 heavy (non-hydrogen) atoms. The third kappa shape index (κ3) is 2.83. The summed E-state index contributed by atoms with van der Waals surface area (Å²) in [5.74, 6) is 0. The highest BCUT2D eigenvalue weighted by Crippen LogP contribution is 2.26. The first-order valence-electron chi connectivity index (χ1n) is 5.06. The molecule has 0 saturated heterocycles. The summed E-state index contributed by atoms with van der Waals surface area (Å²) in [4.78, 5) is 4.31. The Bertz CT molecular complexity index is 458. The predicted octanol–water partition coefficient (Wildman–Crippen LogP) is 4.37. The van der Waals surface area contributed by atoms with Gasteiger partial charge in [0.1, 0.15) is 0 Å². The largest absolute Gasteiger partial charge is 0.260 e. The molecule has 0 aliphatic rings. The van der Waals surface area contributed by atoms with E-state index in [1.54, 1.807) is 6.20 Å². The van der Waals surface area contributed by atoms with Crippen molar-refractivity contribution in [2.75, 3.05) is 0 Å². The van der Waals surface area contributed by atoms with Crippen LogP contribution < -0.4 is 0 Å². The summed E-state index contributed by atoms with van der Waals surface area (Å²) in [6, 6.07) is 13.9. The van der Waals surface area contributed by atoms with E-state index in [0.29, 0.717) is 0 Å². The van der Waals surface area contributed by atoms with Crippen LogP contribution in [-0.2, 0) is 6.42 Å². The summed E-state index contributed by atoms with van der Waals surface area (Å²) in [6.45, 7) is 0. The smallest absolute Gasteiger partial charge is 0.0641 e. The highest BCUT2D eigenvalue weighted by atomic mass is 79.9. The molecule has 1 heterocycles. The number of hydrogen-bond acceptors (Lipinski definition) is 1. The van der Waals surface area contributed by atoms with Crippen molar-refractivity contribution in [3.05, 3.63) is 64.4 Å². The number of rotatable bonds is 3. The minimum Gasteiger partial charge on any atom is -0.260 e. The third-order valence-electron chi connectivity index (χ3n) is 2.37. The van der Waals surface area contributed by atoms with Crippen molar-refractivity contribution in [3.8, 4) is 0 Å². The van der Waals surface area contributed by atoms with Gasteiger partial charge < -0.3 is 0 Å². The van der Waals surface area contributed by atoms with E-state index in [4.69, 9.17) is 11.6 Å². The molecular weight excluding hydrogens is 286 g/mol. The Morgan fingerprint density at radius 3 is 2.56 bits per heavy atom. The highest BCUT2D eigenvalue weighted by Gasteiger charge is 2.11. The molecule has 2 rings (SSSR count). The van der Waals surface area contributed by atoms with Crippen molar-refractivity contribution in [2.45, 2.75) is 11.8 Å². The Morgan fingerprint density at radius 2 is 1.88 bits per heavy atom. The molecule has 0 radical (unpaired) electrons. The maximum atomic E-state index is 6.35. The molecule has 0 aliphatic heterocycles. The van der Waals surface area contributed by atoms with Crippen LogP contribution in [0.3, 0.4) is 0 Å². The molecule has 0 amide bonds. The van der Waals surface area contributed by atoms with Crippen molar-refractivity contribution in [1.82, 2.24) is 4.98 Å². The highest BCUT2D eigenvalue weighted by molar-refractivity contribution is 9.10. The van der Waals surface area contributed by atoms with Gasteiger partial charge in [-0.2, -0.15) is 0 Å². The first-order valence-corrected chi connectivity index (χ1v) is 6.28. The van der Waals surface area contributed by atoms with E-state index in [1.807, 2.05) is 42.5 Å². The fourth-order valence-electron chi connectivity index (χ4n) is 1.52.